The first-order valence-corrected chi connectivity index (χ1v) is 10.2. The van der Waals surface area contributed by atoms with Crippen molar-refractivity contribution in [2.45, 2.75) is 39.8 Å². The van der Waals surface area contributed by atoms with Gasteiger partial charge in [-0.15, -0.1) is 0 Å². The molecule has 0 aliphatic carbocycles. The Kier molecular flexibility index (Phi) is 6.42. The van der Waals surface area contributed by atoms with E-state index in [2.05, 4.69) is 54.7 Å². The van der Waals surface area contributed by atoms with E-state index in [-0.39, 0.29) is 6.04 Å². The molecule has 0 unspecified atom stereocenters. The molecule has 1 heterocycles. The molecule has 0 aromatic heterocycles. The second-order valence-electron chi connectivity index (χ2n) is 7.24. The van der Waals surface area contributed by atoms with Crippen LogP contribution in [0.3, 0.4) is 0 Å². The molecule has 24 heavy (non-hydrogen) atoms. The summed E-state index contributed by atoms with van der Waals surface area (Å²) in [5.41, 5.74) is 2.72. The molecule has 1 fully saturated rings. The topological polar surface area (TPSA) is 52.7 Å². The average molecular weight is 354 g/mol. The molecule has 0 radical (unpaired) electrons. The monoisotopic (exact) mass is 353 g/mol. The van der Waals surface area contributed by atoms with Gasteiger partial charge in [0.05, 0.1) is 0 Å². The number of aryl methyl sites for hydroxylation is 1. The number of likely N-dealkylation sites (tertiary alicyclic amines) is 1. The lowest BCUT2D eigenvalue weighted by molar-refractivity contribution is 0.295. The molecular formula is C18H31N3O2S. The van der Waals surface area contributed by atoms with E-state index in [1.807, 2.05) is 0 Å². The third-order valence-electron chi connectivity index (χ3n) is 4.97. The van der Waals surface area contributed by atoms with Gasteiger partial charge in [-0.1, -0.05) is 45.0 Å². The van der Waals surface area contributed by atoms with E-state index >= 15 is 0 Å². The van der Waals surface area contributed by atoms with Crippen molar-refractivity contribution in [3.63, 3.8) is 0 Å². The summed E-state index contributed by atoms with van der Waals surface area (Å²) < 4.78 is 28.6. The smallest absolute Gasteiger partial charge is 0.279 e. The number of nitrogens with one attached hydrogen (secondary N) is 1. The lowest BCUT2D eigenvalue weighted by Gasteiger charge is -2.24. The fourth-order valence-corrected chi connectivity index (χ4v) is 4.28. The maximum Gasteiger partial charge on any atom is 0.279 e. The van der Waals surface area contributed by atoms with Gasteiger partial charge >= 0.3 is 0 Å². The van der Waals surface area contributed by atoms with Crippen LogP contribution < -0.4 is 4.72 Å². The van der Waals surface area contributed by atoms with Gasteiger partial charge in [0, 0.05) is 39.8 Å². The highest BCUT2D eigenvalue weighted by Crippen LogP contribution is 2.27. The SMILES string of the molecule is CCc1ccccc1CN1C[C@@H](NS(=O)(=O)N(C)C)[C@H](C(C)C)C1. The van der Waals surface area contributed by atoms with Crippen LogP contribution in [-0.2, 0) is 23.2 Å². The van der Waals surface area contributed by atoms with E-state index in [0.29, 0.717) is 11.8 Å². The summed E-state index contributed by atoms with van der Waals surface area (Å²) in [6, 6.07) is 8.48. The van der Waals surface area contributed by atoms with E-state index in [9.17, 15) is 8.42 Å². The third kappa shape index (κ3) is 4.57. The Hall–Kier alpha value is -0.950. The summed E-state index contributed by atoms with van der Waals surface area (Å²) >= 11 is 0. The van der Waals surface area contributed by atoms with Crippen LogP contribution in [0.15, 0.2) is 24.3 Å². The fourth-order valence-electron chi connectivity index (χ4n) is 3.44. The standard InChI is InChI=1S/C18H31N3O2S/c1-6-15-9-7-8-10-16(15)11-21-12-17(14(2)3)18(13-21)19-24(22,23)20(4)5/h7-10,14,17-19H,6,11-13H2,1-5H3/t17-,18+/m0/s1. The molecule has 1 aliphatic rings. The summed E-state index contributed by atoms with van der Waals surface area (Å²) in [5.74, 6) is 0.764. The van der Waals surface area contributed by atoms with Crippen molar-refractivity contribution >= 4 is 10.2 Å². The second-order valence-corrected chi connectivity index (χ2v) is 9.15. The molecule has 6 heteroatoms. The predicted octanol–water partition coefficient (Wildman–Crippen LogP) is 2.10. The van der Waals surface area contributed by atoms with Crippen molar-refractivity contribution in [3.05, 3.63) is 35.4 Å². The molecule has 1 aromatic carbocycles. The maximum atomic E-state index is 12.2. The minimum Gasteiger partial charge on any atom is -0.297 e. The largest absolute Gasteiger partial charge is 0.297 e. The minimum absolute atomic E-state index is 0.0359. The Balaban J connectivity index is 2.12. The van der Waals surface area contributed by atoms with Crippen LogP contribution in [0.25, 0.3) is 0 Å². The van der Waals surface area contributed by atoms with Crippen molar-refractivity contribution in [3.8, 4) is 0 Å². The summed E-state index contributed by atoms with van der Waals surface area (Å²) in [7, 11) is -0.268. The normalized spacial score (nSPS) is 22.6. The van der Waals surface area contributed by atoms with Crippen LogP contribution in [0.5, 0.6) is 0 Å². The number of hydrogen-bond acceptors (Lipinski definition) is 3. The van der Waals surface area contributed by atoms with E-state index < -0.39 is 10.2 Å². The zero-order valence-electron chi connectivity index (χ0n) is 15.5. The number of nitrogens with zero attached hydrogens (tertiary/aromatic N) is 2. The lowest BCUT2D eigenvalue weighted by atomic mass is 9.92. The van der Waals surface area contributed by atoms with Crippen molar-refractivity contribution in [1.82, 2.24) is 13.9 Å². The van der Waals surface area contributed by atoms with Gasteiger partial charge in [0.25, 0.3) is 10.2 Å². The highest BCUT2D eigenvalue weighted by atomic mass is 32.2. The van der Waals surface area contributed by atoms with Crippen LogP contribution in [-0.4, -0.2) is 50.8 Å². The molecule has 1 saturated heterocycles. The van der Waals surface area contributed by atoms with Gasteiger partial charge in [0.1, 0.15) is 0 Å². The number of hydrogen-bond donors (Lipinski definition) is 1. The number of rotatable bonds is 7. The molecule has 1 aliphatic heterocycles. The Morgan fingerprint density at radius 2 is 1.83 bits per heavy atom. The molecular weight excluding hydrogens is 322 g/mol. The quantitative estimate of drug-likeness (QED) is 0.817. The van der Waals surface area contributed by atoms with Crippen molar-refractivity contribution in [2.75, 3.05) is 27.2 Å². The summed E-state index contributed by atoms with van der Waals surface area (Å²) in [5, 5.41) is 0. The van der Waals surface area contributed by atoms with Crippen LogP contribution in [0.4, 0.5) is 0 Å². The molecule has 0 bridgehead atoms. The molecule has 5 nitrogen and oxygen atoms in total. The Bertz CT molecular complexity index is 643. The molecule has 1 N–H and O–H groups in total. The Labute approximate surface area is 147 Å². The zero-order chi connectivity index (χ0) is 17.9. The minimum atomic E-state index is -3.40. The Morgan fingerprint density at radius 3 is 2.38 bits per heavy atom. The molecule has 2 rings (SSSR count). The highest BCUT2D eigenvalue weighted by Gasteiger charge is 2.37. The summed E-state index contributed by atoms with van der Waals surface area (Å²) in [6.45, 7) is 9.09. The summed E-state index contributed by atoms with van der Waals surface area (Å²) in [6.07, 6.45) is 1.02. The summed E-state index contributed by atoms with van der Waals surface area (Å²) in [4.78, 5) is 2.38. The van der Waals surface area contributed by atoms with Crippen LogP contribution in [0.1, 0.15) is 31.9 Å². The Morgan fingerprint density at radius 1 is 1.21 bits per heavy atom. The van der Waals surface area contributed by atoms with E-state index in [4.69, 9.17) is 0 Å². The highest BCUT2D eigenvalue weighted by molar-refractivity contribution is 7.87. The van der Waals surface area contributed by atoms with Gasteiger partial charge in [-0.3, -0.25) is 4.90 Å². The zero-order valence-corrected chi connectivity index (χ0v) is 16.3. The first-order chi connectivity index (χ1) is 11.2. The average Bonchev–Trinajstić information content (AvgIpc) is 2.89. The van der Waals surface area contributed by atoms with Crippen LogP contribution >= 0.6 is 0 Å². The van der Waals surface area contributed by atoms with E-state index in [1.165, 1.54) is 15.4 Å². The van der Waals surface area contributed by atoms with Crippen molar-refractivity contribution < 1.29 is 8.42 Å². The van der Waals surface area contributed by atoms with Gasteiger partial charge in [0.2, 0.25) is 0 Å². The first kappa shape index (κ1) is 19.4. The van der Waals surface area contributed by atoms with Gasteiger partial charge < -0.3 is 0 Å². The van der Waals surface area contributed by atoms with Gasteiger partial charge in [-0.2, -0.15) is 17.4 Å². The van der Waals surface area contributed by atoms with Crippen LogP contribution in [0.2, 0.25) is 0 Å². The lowest BCUT2D eigenvalue weighted by Crippen LogP contribution is -2.46. The van der Waals surface area contributed by atoms with Gasteiger partial charge in [-0.25, -0.2) is 0 Å². The van der Waals surface area contributed by atoms with Crippen molar-refractivity contribution in [1.29, 1.82) is 0 Å². The van der Waals surface area contributed by atoms with Crippen LogP contribution in [0, 0.1) is 11.8 Å². The van der Waals surface area contributed by atoms with Gasteiger partial charge in [0.15, 0.2) is 0 Å². The molecule has 0 saturated carbocycles. The number of benzene rings is 1. The molecule has 1 aromatic rings. The van der Waals surface area contributed by atoms with E-state index in [1.54, 1.807) is 14.1 Å². The fraction of sp³-hybridized carbons (Fsp3) is 0.667. The molecule has 136 valence electrons. The predicted molar refractivity (Wildman–Crippen MR) is 99.0 cm³/mol. The third-order valence-corrected chi connectivity index (χ3v) is 6.53. The molecule has 0 spiro atoms. The first-order valence-electron chi connectivity index (χ1n) is 8.73. The second kappa shape index (κ2) is 7.95. The van der Waals surface area contributed by atoms with Crippen molar-refractivity contribution in [2.24, 2.45) is 11.8 Å². The molecule has 2 atom stereocenters. The molecule has 0 amide bonds. The van der Waals surface area contributed by atoms with Gasteiger partial charge in [-0.05, 0) is 29.4 Å². The maximum absolute atomic E-state index is 12.2. The van der Waals surface area contributed by atoms with E-state index in [0.717, 1.165) is 26.1 Å².